The van der Waals surface area contributed by atoms with E-state index in [1.807, 2.05) is 4.90 Å². The summed E-state index contributed by atoms with van der Waals surface area (Å²) in [5, 5.41) is 29.9. The number of piperidine rings is 1. The molecule has 0 aliphatic carbocycles. The van der Waals surface area contributed by atoms with Crippen molar-refractivity contribution in [1.82, 2.24) is 4.90 Å². The van der Waals surface area contributed by atoms with E-state index in [4.69, 9.17) is 10.5 Å². The molecule has 2 heterocycles. The van der Waals surface area contributed by atoms with Crippen LogP contribution in [-0.4, -0.2) is 70.5 Å². The Morgan fingerprint density at radius 1 is 1.06 bits per heavy atom. The van der Waals surface area contributed by atoms with Gasteiger partial charge in [-0.3, -0.25) is 4.90 Å². The fourth-order valence-corrected chi connectivity index (χ4v) is 2.74. The number of ether oxygens (including phenoxy) is 1. The topological polar surface area (TPSA) is 99.2 Å². The normalized spacial score (nSPS) is 44.8. The number of aliphatic hydroxyl groups is 3. The van der Waals surface area contributed by atoms with Gasteiger partial charge in [0, 0.05) is 6.54 Å². The van der Waals surface area contributed by atoms with Gasteiger partial charge in [0.1, 0.15) is 18.3 Å². The second kappa shape index (κ2) is 5.60. The molecule has 0 amide bonds. The molecule has 0 spiro atoms. The highest BCUT2D eigenvalue weighted by Gasteiger charge is 2.45. The van der Waals surface area contributed by atoms with Crippen LogP contribution in [0.3, 0.4) is 0 Å². The van der Waals surface area contributed by atoms with Gasteiger partial charge in [-0.1, -0.05) is 6.42 Å². The zero-order chi connectivity index (χ0) is 12.4. The molecule has 17 heavy (non-hydrogen) atoms. The standard InChI is InChI=1S/C11H22N2O4/c12-6-7-9(14)10(15)8(11(16)17-7)13-4-2-1-3-5-13/h7-11,14-16H,1-6,12H2/t7-,8-,9+,10?,11?/m1/s1. The van der Waals surface area contributed by atoms with Crippen LogP contribution in [0.5, 0.6) is 0 Å². The summed E-state index contributed by atoms with van der Waals surface area (Å²) in [6, 6.07) is -0.548. The van der Waals surface area contributed by atoms with Crippen molar-refractivity contribution in [3.05, 3.63) is 0 Å². The van der Waals surface area contributed by atoms with E-state index in [0.29, 0.717) is 0 Å². The molecule has 0 radical (unpaired) electrons. The van der Waals surface area contributed by atoms with Crippen molar-refractivity contribution < 1.29 is 20.1 Å². The molecule has 2 rings (SSSR count). The van der Waals surface area contributed by atoms with Gasteiger partial charge in [0.15, 0.2) is 6.29 Å². The van der Waals surface area contributed by atoms with Gasteiger partial charge in [-0.05, 0) is 25.9 Å². The molecule has 100 valence electrons. The largest absolute Gasteiger partial charge is 0.388 e. The highest BCUT2D eigenvalue weighted by molar-refractivity contribution is 4.95. The number of likely N-dealkylation sites (tertiary alicyclic amines) is 1. The average molecular weight is 246 g/mol. The number of nitrogens with zero attached hydrogens (tertiary/aromatic N) is 1. The van der Waals surface area contributed by atoms with E-state index >= 15 is 0 Å². The summed E-state index contributed by atoms with van der Waals surface area (Å²) in [4.78, 5) is 1.99. The summed E-state index contributed by atoms with van der Waals surface area (Å²) in [6.07, 6.45) is -0.551. The van der Waals surface area contributed by atoms with Crippen molar-refractivity contribution >= 4 is 0 Å². The Kier molecular flexibility index (Phi) is 4.35. The maximum atomic E-state index is 10.1. The van der Waals surface area contributed by atoms with E-state index in [1.54, 1.807) is 0 Å². The van der Waals surface area contributed by atoms with Crippen molar-refractivity contribution in [3.8, 4) is 0 Å². The molecule has 2 aliphatic heterocycles. The predicted molar refractivity (Wildman–Crippen MR) is 61.2 cm³/mol. The minimum Gasteiger partial charge on any atom is -0.388 e. The summed E-state index contributed by atoms with van der Waals surface area (Å²) in [7, 11) is 0. The van der Waals surface area contributed by atoms with Crippen molar-refractivity contribution in [2.75, 3.05) is 19.6 Å². The van der Waals surface area contributed by atoms with E-state index in [1.165, 1.54) is 6.42 Å². The lowest BCUT2D eigenvalue weighted by atomic mass is 9.94. The van der Waals surface area contributed by atoms with E-state index < -0.39 is 30.6 Å². The summed E-state index contributed by atoms with van der Waals surface area (Å²) >= 11 is 0. The predicted octanol–water partition coefficient (Wildman–Crippen LogP) is -1.76. The molecule has 2 fully saturated rings. The lowest BCUT2D eigenvalue weighted by Gasteiger charge is -2.46. The number of hydrogen-bond acceptors (Lipinski definition) is 6. The monoisotopic (exact) mass is 246 g/mol. The van der Waals surface area contributed by atoms with Gasteiger partial charge in [-0.25, -0.2) is 0 Å². The Hall–Kier alpha value is -0.240. The van der Waals surface area contributed by atoms with E-state index in [-0.39, 0.29) is 6.54 Å². The lowest BCUT2D eigenvalue weighted by Crippen LogP contribution is -2.65. The van der Waals surface area contributed by atoms with Crippen LogP contribution in [0.1, 0.15) is 19.3 Å². The number of rotatable bonds is 2. The summed E-state index contributed by atoms with van der Waals surface area (Å²) in [5.41, 5.74) is 5.42. The quantitative estimate of drug-likeness (QED) is 0.461. The molecule has 2 unspecified atom stereocenters. The number of nitrogens with two attached hydrogens (primary N) is 1. The molecule has 6 heteroatoms. The third-order valence-electron chi connectivity index (χ3n) is 3.73. The number of hydrogen-bond donors (Lipinski definition) is 4. The molecular formula is C11H22N2O4. The van der Waals surface area contributed by atoms with Crippen LogP contribution in [0.4, 0.5) is 0 Å². The molecule has 2 aliphatic rings. The minimum atomic E-state index is -1.08. The lowest BCUT2D eigenvalue weighted by molar-refractivity contribution is -0.265. The van der Waals surface area contributed by atoms with Gasteiger partial charge in [-0.2, -0.15) is 0 Å². The van der Waals surface area contributed by atoms with Crippen molar-refractivity contribution in [1.29, 1.82) is 0 Å². The van der Waals surface area contributed by atoms with Crippen LogP contribution >= 0.6 is 0 Å². The second-order valence-corrected chi connectivity index (χ2v) is 4.87. The zero-order valence-corrected chi connectivity index (χ0v) is 9.90. The summed E-state index contributed by atoms with van der Waals surface area (Å²) < 4.78 is 5.26. The van der Waals surface area contributed by atoms with Crippen LogP contribution in [0.15, 0.2) is 0 Å². The van der Waals surface area contributed by atoms with Crippen LogP contribution in [0, 0.1) is 0 Å². The Morgan fingerprint density at radius 3 is 2.29 bits per heavy atom. The van der Waals surface area contributed by atoms with Crippen molar-refractivity contribution in [3.63, 3.8) is 0 Å². The fourth-order valence-electron chi connectivity index (χ4n) is 2.74. The zero-order valence-electron chi connectivity index (χ0n) is 9.90. The first-order chi connectivity index (χ1) is 8.15. The van der Waals surface area contributed by atoms with Crippen molar-refractivity contribution in [2.45, 2.75) is 49.9 Å². The van der Waals surface area contributed by atoms with E-state index in [9.17, 15) is 15.3 Å². The van der Waals surface area contributed by atoms with Crippen LogP contribution in [0.25, 0.3) is 0 Å². The molecular weight excluding hydrogens is 224 g/mol. The average Bonchev–Trinajstić information content (AvgIpc) is 2.35. The molecule has 5 N–H and O–H groups in total. The maximum Gasteiger partial charge on any atom is 0.173 e. The molecule has 0 aromatic heterocycles. The molecule has 2 saturated heterocycles. The first-order valence-electron chi connectivity index (χ1n) is 6.29. The summed E-state index contributed by atoms with van der Waals surface area (Å²) in [6.45, 7) is 1.73. The van der Waals surface area contributed by atoms with Gasteiger partial charge in [0.05, 0.1) is 6.04 Å². The van der Waals surface area contributed by atoms with Gasteiger partial charge >= 0.3 is 0 Å². The van der Waals surface area contributed by atoms with Gasteiger partial charge < -0.3 is 25.8 Å². The highest BCUT2D eigenvalue weighted by atomic mass is 16.6. The van der Waals surface area contributed by atoms with E-state index in [2.05, 4.69) is 0 Å². The maximum absolute atomic E-state index is 10.1. The Morgan fingerprint density at radius 2 is 1.71 bits per heavy atom. The Balaban J connectivity index is 2.05. The molecule has 5 atom stereocenters. The SMILES string of the molecule is NC[C@H]1OC(O)[C@H](N2CCCCC2)C(O)[C@H]1O. The van der Waals surface area contributed by atoms with Gasteiger partial charge in [-0.15, -0.1) is 0 Å². The van der Waals surface area contributed by atoms with Gasteiger partial charge in [0.25, 0.3) is 0 Å². The first kappa shape index (κ1) is 13.2. The van der Waals surface area contributed by atoms with Gasteiger partial charge in [0.2, 0.25) is 0 Å². The van der Waals surface area contributed by atoms with Crippen LogP contribution < -0.4 is 5.73 Å². The van der Waals surface area contributed by atoms with Crippen LogP contribution in [-0.2, 0) is 4.74 Å². The second-order valence-electron chi connectivity index (χ2n) is 4.87. The number of aliphatic hydroxyl groups excluding tert-OH is 3. The summed E-state index contributed by atoms with van der Waals surface area (Å²) in [5.74, 6) is 0. The molecule has 0 saturated carbocycles. The molecule has 0 aromatic carbocycles. The van der Waals surface area contributed by atoms with Crippen LogP contribution in [0.2, 0.25) is 0 Å². The smallest absolute Gasteiger partial charge is 0.173 e. The first-order valence-corrected chi connectivity index (χ1v) is 6.29. The molecule has 0 bridgehead atoms. The molecule has 0 aromatic rings. The highest BCUT2D eigenvalue weighted by Crippen LogP contribution is 2.25. The minimum absolute atomic E-state index is 0.0853. The van der Waals surface area contributed by atoms with E-state index in [0.717, 1.165) is 25.9 Å². The third-order valence-corrected chi connectivity index (χ3v) is 3.73. The Labute approximate surface area is 101 Å². The molecule has 6 nitrogen and oxygen atoms in total. The fraction of sp³-hybridized carbons (Fsp3) is 1.00. The Bertz CT molecular complexity index is 248. The third kappa shape index (κ3) is 2.62. The van der Waals surface area contributed by atoms with Crippen molar-refractivity contribution in [2.24, 2.45) is 5.73 Å².